The molecule has 1 aliphatic heterocycles. The summed E-state index contributed by atoms with van der Waals surface area (Å²) in [6.45, 7) is 4.76. The van der Waals surface area contributed by atoms with E-state index in [2.05, 4.69) is 25.7 Å². The SMILES string of the molecule is CC[C@H]1C(=O)Nc2c(C)nc(NCc3cnn(CC4CC(F)(F)C4)c3)nc2N1C.S. The van der Waals surface area contributed by atoms with E-state index in [4.69, 9.17) is 0 Å². The number of rotatable bonds is 6. The molecule has 2 N–H and O–H groups in total. The third-order valence-electron chi connectivity index (χ3n) is 5.57. The predicted molar refractivity (Wildman–Crippen MR) is 115 cm³/mol. The van der Waals surface area contributed by atoms with Crippen LogP contribution in [0.4, 0.5) is 26.2 Å². The number of hydrogen-bond donors (Lipinski definition) is 2. The second kappa shape index (κ2) is 8.37. The van der Waals surface area contributed by atoms with Crippen molar-refractivity contribution in [1.29, 1.82) is 0 Å². The van der Waals surface area contributed by atoms with Gasteiger partial charge in [0.25, 0.3) is 0 Å². The van der Waals surface area contributed by atoms with Gasteiger partial charge < -0.3 is 15.5 Å². The number of anilines is 3. The van der Waals surface area contributed by atoms with Crippen molar-refractivity contribution in [2.75, 3.05) is 22.6 Å². The van der Waals surface area contributed by atoms with Crippen LogP contribution >= 0.6 is 13.5 Å². The molecule has 0 unspecified atom stereocenters. The molecule has 3 heterocycles. The number of aryl methyl sites for hydroxylation is 1. The Labute approximate surface area is 180 Å². The maximum atomic E-state index is 13.0. The number of nitrogens with zero attached hydrogens (tertiary/aromatic N) is 5. The van der Waals surface area contributed by atoms with Gasteiger partial charge in [-0.2, -0.15) is 23.6 Å². The van der Waals surface area contributed by atoms with E-state index in [1.807, 2.05) is 32.0 Å². The normalized spacial score (nSPS) is 20.1. The fraction of sp³-hybridized carbons (Fsp3) is 0.579. The Morgan fingerprint density at radius 3 is 2.73 bits per heavy atom. The van der Waals surface area contributed by atoms with Gasteiger partial charge in [-0.05, 0) is 19.3 Å². The highest BCUT2D eigenvalue weighted by Crippen LogP contribution is 2.43. The molecule has 1 atom stereocenters. The molecule has 1 amide bonds. The summed E-state index contributed by atoms with van der Waals surface area (Å²) in [6.07, 6.45) is 4.12. The minimum atomic E-state index is -2.51. The Kier molecular flexibility index (Phi) is 6.21. The number of fused-ring (bicyclic) bond motifs is 1. The second-order valence-corrected chi connectivity index (χ2v) is 7.91. The molecule has 1 aliphatic carbocycles. The van der Waals surface area contributed by atoms with Crippen molar-refractivity contribution in [2.24, 2.45) is 5.92 Å². The molecule has 0 radical (unpaired) electrons. The summed E-state index contributed by atoms with van der Waals surface area (Å²) in [4.78, 5) is 23.1. The molecule has 30 heavy (non-hydrogen) atoms. The number of carbonyl (C=O) groups is 1. The molecular formula is C19H27F2N7OS. The lowest BCUT2D eigenvalue weighted by Crippen LogP contribution is -2.46. The highest BCUT2D eigenvalue weighted by Gasteiger charge is 2.45. The van der Waals surface area contributed by atoms with E-state index in [9.17, 15) is 13.6 Å². The fourth-order valence-corrected chi connectivity index (χ4v) is 3.98. The highest BCUT2D eigenvalue weighted by molar-refractivity contribution is 7.59. The lowest BCUT2D eigenvalue weighted by atomic mass is 9.81. The van der Waals surface area contributed by atoms with Crippen LogP contribution in [-0.2, 0) is 17.9 Å². The first-order chi connectivity index (χ1) is 13.8. The van der Waals surface area contributed by atoms with Gasteiger partial charge in [-0.3, -0.25) is 9.48 Å². The van der Waals surface area contributed by atoms with Crippen molar-refractivity contribution in [3.63, 3.8) is 0 Å². The van der Waals surface area contributed by atoms with Crippen LogP contribution < -0.4 is 15.5 Å². The Morgan fingerprint density at radius 2 is 2.07 bits per heavy atom. The average molecular weight is 440 g/mol. The molecule has 1 fully saturated rings. The molecule has 2 aliphatic rings. The Hall–Kier alpha value is -2.43. The Morgan fingerprint density at radius 1 is 1.33 bits per heavy atom. The minimum Gasteiger partial charge on any atom is -0.350 e. The van der Waals surface area contributed by atoms with Crippen LogP contribution in [0.25, 0.3) is 0 Å². The van der Waals surface area contributed by atoms with Crippen molar-refractivity contribution in [1.82, 2.24) is 19.7 Å². The average Bonchev–Trinajstić information content (AvgIpc) is 3.07. The first kappa shape index (κ1) is 22.3. The predicted octanol–water partition coefficient (Wildman–Crippen LogP) is 2.92. The highest BCUT2D eigenvalue weighted by atomic mass is 32.1. The quantitative estimate of drug-likeness (QED) is 0.720. The molecule has 0 aromatic carbocycles. The first-order valence-corrected chi connectivity index (χ1v) is 9.81. The maximum absolute atomic E-state index is 13.0. The minimum absolute atomic E-state index is 0. The molecule has 11 heteroatoms. The van der Waals surface area contributed by atoms with E-state index < -0.39 is 5.92 Å². The number of amides is 1. The van der Waals surface area contributed by atoms with Crippen LogP contribution in [0.3, 0.4) is 0 Å². The zero-order valence-corrected chi connectivity index (χ0v) is 18.2. The number of alkyl halides is 2. The monoisotopic (exact) mass is 439 g/mol. The van der Waals surface area contributed by atoms with Gasteiger partial charge in [0.05, 0.1) is 11.9 Å². The summed E-state index contributed by atoms with van der Waals surface area (Å²) in [5, 5.41) is 10.4. The number of nitrogens with one attached hydrogen (secondary N) is 2. The van der Waals surface area contributed by atoms with Gasteiger partial charge in [-0.15, -0.1) is 0 Å². The molecule has 0 bridgehead atoms. The molecule has 0 spiro atoms. The van der Waals surface area contributed by atoms with E-state index in [1.165, 1.54) is 0 Å². The van der Waals surface area contributed by atoms with E-state index in [1.54, 1.807) is 10.9 Å². The number of hydrogen-bond acceptors (Lipinski definition) is 6. The summed E-state index contributed by atoms with van der Waals surface area (Å²) < 4.78 is 27.7. The van der Waals surface area contributed by atoms with Gasteiger partial charge in [-0.25, -0.2) is 13.8 Å². The standard InChI is InChI=1S/C19H25F2N7O.H2S/c1-4-14-17(29)25-15-11(2)24-18(26-16(15)27(14)3)22-7-13-8-23-28(10-13)9-12-5-19(20,21)6-12;/h8,10,12,14H,4-7,9H2,1-3H3,(H,25,29)(H,22,24,26);1H2/t14-;/m0./s1. The lowest BCUT2D eigenvalue weighted by Gasteiger charge is -2.34. The zero-order chi connectivity index (χ0) is 20.8. The Balaban J connectivity index is 0.00000256. The maximum Gasteiger partial charge on any atom is 0.248 e. The smallest absolute Gasteiger partial charge is 0.248 e. The fourth-order valence-electron chi connectivity index (χ4n) is 3.98. The zero-order valence-electron chi connectivity index (χ0n) is 17.2. The molecular weight excluding hydrogens is 412 g/mol. The van der Waals surface area contributed by atoms with Crippen LogP contribution in [0.1, 0.15) is 37.4 Å². The lowest BCUT2D eigenvalue weighted by molar-refractivity contribution is -0.117. The van der Waals surface area contributed by atoms with Crippen LogP contribution in [0.15, 0.2) is 12.4 Å². The van der Waals surface area contributed by atoms with Gasteiger partial charge in [0.2, 0.25) is 17.8 Å². The molecule has 2 aromatic heterocycles. The summed E-state index contributed by atoms with van der Waals surface area (Å²) in [7, 11) is 1.86. The molecule has 4 rings (SSSR count). The molecule has 8 nitrogen and oxygen atoms in total. The van der Waals surface area contributed by atoms with Crippen LogP contribution in [-0.4, -0.2) is 44.7 Å². The van der Waals surface area contributed by atoms with Gasteiger partial charge >= 0.3 is 0 Å². The van der Waals surface area contributed by atoms with E-state index in [-0.39, 0.29) is 44.2 Å². The summed E-state index contributed by atoms with van der Waals surface area (Å²) in [6, 6.07) is -0.262. The van der Waals surface area contributed by atoms with Crippen molar-refractivity contribution in [2.45, 2.75) is 58.2 Å². The van der Waals surface area contributed by atoms with Crippen LogP contribution in [0, 0.1) is 12.8 Å². The summed E-state index contributed by atoms with van der Waals surface area (Å²) in [5.41, 5.74) is 2.25. The summed E-state index contributed by atoms with van der Waals surface area (Å²) in [5.74, 6) is -1.42. The number of halogens is 2. The summed E-state index contributed by atoms with van der Waals surface area (Å²) >= 11 is 0. The second-order valence-electron chi connectivity index (χ2n) is 7.91. The van der Waals surface area contributed by atoms with Crippen molar-refractivity contribution < 1.29 is 13.6 Å². The third-order valence-corrected chi connectivity index (χ3v) is 5.57. The van der Waals surface area contributed by atoms with Crippen LogP contribution in [0.2, 0.25) is 0 Å². The van der Waals surface area contributed by atoms with Gasteiger partial charge in [-0.1, -0.05) is 6.92 Å². The Bertz CT molecular complexity index is 928. The number of likely N-dealkylation sites (N-methyl/N-ethyl adjacent to an activating group) is 1. The number of aromatic nitrogens is 4. The van der Waals surface area contributed by atoms with Crippen LogP contribution in [0.5, 0.6) is 0 Å². The largest absolute Gasteiger partial charge is 0.350 e. The molecule has 2 aromatic rings. The van der Waals surface area contributed by atoms with Crippen molar-refractivity contribution in [3.05, 3.63) is 23.7 Å². The number of carbonyl (C=O) groups excluding carboxylic acids is 1. The van der Waals surface area contributed by atoms with Crippen molar-refractivity contribution in [3.8, 4) is 0 Å². The third kappa shape index (κ3) is 4.35. The van der Waals surface area contributed by atoms with E-state index in [0.29, 0.717) is 42.7 Å². The van der Waals surface area contributed by atoms with E-state index >= 15 is 0 Å². The van der Waals surface area contributed by atoms with Gasteiger partial charge in [0.15, 0.2) is 5.82 Å². The first-order valence-electron chi connectivity index (χ1n) is 9.81. The molecule has 1 saturated carbocycles. The molecule has 164 valence electrons. The van der Waals surface area contributed by atoms with Gasteiger partial charge in [0.1, 0.15) is 11.7 Å². The molecule has 0 saturated heterocycles. The van der Waals surface area contributed by atoms with E-state index in [0.717, 1.165) is 5.56 Å². The van der Waals surface area contributed by atoms with Gasteiger partial charge in [0, 0.05) is 44.7 Å². The topological polar surface area (TPSA) is 88.0 Å². The van der Waals surface area contributed by atoms with Crippen molar-refractivity contribution >= 4 is 36.9 Å².